The van der Waals surface area contributed by atoms with Crippen molar-refractivity contribution in [1.29, 1.82) is 0 Å². The summed E-state index contributed by atoms with van der Waals surface area (Å²) >= 11 is 0. The zero-order valence-electron chi connectivity index (χ0n) is 17.2. The van der Waals surface area contributed by atoms with Crippen molar-refractivity contribution in [2.45, 2.75) is 19.1 Å². The van der Waals surface area contributed by atoms with E-state index in [-0.39, 0.29) is 5.75 Å². The van der Waals surface area contributed by atoms with Gasteiger partial charge in [0.05, 0.1) is 14.2 Å². The molecule has 0 aromatic heterocycles. The van der Waals surface area contributed by atoms with Gasteiger partial charge in [-0.25, -0.2) is 0 Å². The number of benzene rings is 2. The Morgan fingerprint density at radius 1 is 0.933 bits per heavy atom. The first kappa shape index (κ1) is 23.2. The van der Waals surface area contributed by atoms with Gasteiger partial charge in [-0.2, -0.15) is 13.2 Å². The Balaban J connectivity index is 1.78. The minimum absolute atomic E-state index is 0.175. The molecule has 9 heteroatoms. The topological polar surface area (TPSA) is 64.1 Å². The van der Waals surface area contributed by atoms with Crippen molar-refractivity contribution >= 4 is 5.96 Å². The number of rotatable bonds is 9. The van der Waals surface area contributed by atoms with Gasteiger partial charge >= 0.3 is 6.18 Å². The van der Waals surface area contributed by atoms with Gasteiger partial charge < -0.3 is 24.8 Å². The molecule has 0 atom stereocenters. The maximum absolute atomic E-state index is 12.2. The molecule has 0 fully saturated rings. The second-order valence-electron chi connectivity index (χ2n) is 6.34. The third-order valence-corrected chi connectivity index (χ3v) is 4.16. The maximum atomic E-state index is 12.2. The van der Waals surface area contributed by atoms with E-state index in [2.05, 4.69) is 15.6 Å². The molecule has 164 valence electrons. The summed E-state index contributed by atoms with van der Waals surface area (Å²) in [6, 6.07) is 12.2. The summed E-state index contributed by atoms with van der Waals surface area (Å²) in [6.07, 6.45) is -3.60. The lowest BCUT2D eigenvalue weighted by atomic mass is 10.1. The molecule has 0 spiro atoms. The Morgan fingerprint density at radius 3 is 2.20 bits per heavy atom. The molecular formula is C21H26F3N3O3. The van der Waals surface area contributed by atoms with Crippen LogP contribution in [0.5, 0.6) is 17.2 Å². The Kier molecular flexibility index (Phi) is 8.64. The smallest absolute Gasteiger partial charge is 0.422 e. The molecule has 0 bridgehead atoms. The molecule has 0 saturated carbocycles. The predicted molar refractivity (Wildman–Crippen MR) is 109 cm³/mol. The number of hydrogen-bond acceptors (Lipinski definition) is 4. The number of hydrogen-bond donors (Lipinski definition) is 2. The highest BCUT2D eigenvalue weighted by molar-refractivity contribution is 5.79. The first-order valence-electron chi connectivity index (χ1n) is 9.28. The summed E-state index contributed by atoms with van der Waals surface area (Å²) < 4.78 is 51.8. The molecule has 0 unspecified atom stereocenters. The number of nitrogens with one attached hydrogen (secondary N) is 2. The second-order valence-corrected chi connectivity index (χ2v) is 6.34. The Morgan fingerprint density at radius 2 is 1.60 bits per heavy atom. The van der Waals surface area contributed by atoms with Crippen LogP contribution in [0.3, 0.4) is 0 Å². The lowest BCUT2D eigenvalue weighted by molar-refractivity contribution is -0.153. The van der Waals surface area contributed by atoms with Gasteiger partial charge in [0.1, 0.15) is 5.75 Å². The molecule has 30 heavy (non-hydrogen) atoms. The Hall–Kier alpha value is -3.10. The van der Waals surface area contributed by atoms with E-state index < -0.39 is 12.8 Å². The summed E-state index contributed by atoms with van der Waals surface area (Å²) in [5, 5.41) is 6.38. The van der Waals surface area contributed by atoms with E-state index in [0.29, 0.717) is 30.5 Å². The summed E-state index contributed by atoms with van der Waals surface area (Å²) in [4.78, 5) is 4.17. The highest BCUT2D eigenvalue weighted by Gasteiger charge is 2.28. The largest absolute Gasteiger partial charge is 0.493 e. The molecule has 0 aliphatic rings. The summed E-state index contributed by atoms with van der Waals surface area (Å²) in [5.74, 6) is 2.16. The molecule has 0 saturated heterocycles. The van der Waals surface area contributed by atoms with E-state index in [1.54, 1.807) is 33.4 Å². The average Bonchev–Trinajstić information content (AvgIpc) is 2.74. The molecule has 2 rings (SSSR count). The van der Waals surface area contributed by atoms with Crippen molar-refractivity contribution in [3.8, 4) is 17.2 Å². The zero-order valence-corrected chi connectivity index (χ0v) is 17.2. The van der Waals surface area contributed by atoms with Crippen LogP contribution in [0.4, 0.5) is 13.2 Å². The number of guanidine groups is 1. The molecule has 2 aromatic rings. The number of ether oxygens (including phenoxy) is 3. The quantitative estimate of drug-likeness (QED) is 0.475. The predicted octanol–water partition coefficient (Wildman–Crippen LogP) is 3.55. The fraction of sp³-hybridized carbons (Fsp3) is 0.381. The maximum Gasteiger partial charge on any atom is 0.422 e. The van der Waals surface area contributed by atoms with Crippen LogP contribution in [0.2, 0.25) is 0 Å². The standard InChI is InChI=1S/C21H26F3N3O3/c1-25-20(26-11-10-15-6-9-18(28-2)19(12-15)29-3)27-13-16-4-7-17(8-5-16)30-14-21(22,23)24/h4-9,12H,10-11,13-14H2,1-3H3,(H2,25,26,27). The van der Waals surface area contributed by atoms with Gasteiger partial charge in [-0.15, -0.1) is 0 Å². The van der Waals surface area contributed by atoms with Crippen LogP contribution >= 0.6 is 0 Å². The van der Waals surface area contributed by atoms with E-state index in [9.17, 15) is 13.2 Å². The summed E-state index contributed by atoms with van der Waals surface area (Å²) in [5.41, 5.74) is 1.97. The monoisotopic (exact) mass is 425 g/mol. The van der Waals surface area contributed by atoms with Gasteiger partial charge in [-0.3, -0.25) is 4.99 Å². The molecule has 0 heterocycles. The van der Waals surface area contributed by atoms with E-state index in [1.165, 1.54) is 12.1 Å². The van der Waals surface area contributed by atoms with Crippen molar-refractivity contribution in [2.24, 2.45) is 4.99 Å². The molecule has 0 radical (unpaired) electrons. The van der Waals surface area contributed by atoms with Crippen LogP contribution in [0.25, 0.3) is 0 Å². The number of aliphatic imine (C=N–C) groups is 1. The molecule has 6 nitrogen and oxygen atoms in total. The highest BCUT2D eigenvalue weighted by atomic mass is 19.4. The van der Waals surface area contributed by atoms with Crippen molar-refractivity contribution < 1.29 is 27.4 Å². The van der Waals surface area contributed by atoms with Crippen LogP contribution in [-0.2, 0) is 13.0 Å². The Bertz CT molecular complexity index is 824. The van der Waals surface area contributed by atoms with Crippen molar-refractivity contribution in [1.82, 2.24) is 10.6 Å². The number of halogens is 3. The number of methoxy groups -OCH3 is 2. The van der Waals surface area contributed by atoms with Crippen LogP contribution in [0.15, 0.2) is 47.5 Å². The Labute approximate surface area is 174 Å². The molecule has 2 N–H and O–H groups in total. The lowest BCUT2D eigenvalue weighted by Gasteiger charge is -2.13. The van der Waals surface area contributed by atoms with Gasteiger partial charge in [-0.1, -0.05) is 18.2 Å². The van der Waals surface area contributed by atoms with Crippen molar-refractivity contribution in [3.63, 3.8) is 0 Å². The van der Waals surface area contributed by atoms with E-state index in [0.717, 1.165) is 17.5 Å². The van der Waals surface area contributed by atoms with Gasteiger partial charge in [-0.05, 0) is 41.8 Å². The van der Waals surface area contributed by atoms with E-state index in [4.69, 9.17) is 14.2 Å². The van der Waals surface area contributed by atoms with Crippen LogP contribution in [-0.4, -0.2) is 46.6 Å². The third kappa shape index (κ3) is 7.73. The summed E-state index contributed by atoms with van der Waals surface area (Å²) in [7, 11) is 4.86. The van der Waals surface area contributed by atoms with Gasteiger partial charge in [0.15, 0.2) is 24.1 Å². The average molecular weight is 425 g/mol. The molecular weight excluding hydrogens is 399 g/mol. The van der Waals surface area contributed by atoms with E-state index in [1.807, 2.05) is 18.2 Å². The van der Waals surface area contributed by atoms with E-state index >= 15 is 0 Å². The first-order valence-corrected chi connectivity index (χ1v) is 9.28. The zero-order chi connectivity index (χ0) is 22.0. The summed E-state index contributed by atoms with van der Waals surface area (Å²) in [6.45, 7) is -0.184. The highest BCUT2D eigenvalue weighted by Crippen LogP contribution is 2.27. The lowest BCUT2D eigenvalue weighted by Crippen LogP contribution is -2.37. The first-order chi connectivity index (χ1) is 14.3. The van der Waals surface area contributed by atoms with Crippen LogP contribution in [0, 0.1) is 0 Å². The minimum Gasteiger partial charge on any atom is -0.493 e. The third-order valence-electron chi connectivity index (χ3n) is 4.16. The van der Waals surface area contributed by atoms with Crippen LogP contribution in [0.1, 0.15) is 11.1 Å². The van der Waals surface area contributed by atoms with Gasteiger partial charge in [0.2, 0.25) is 0 Å². The number of alkyl halides is 3. The molecule has 0 aliphatic carbocycles. The van der Waals surface area contributed by atoms with Crippen LogP contribution < -0.4 is 24.8 Å². The fourth-order valence-electron chi connectivity index (χ4n) is 2.64. The van der Waals surface area contributed by atoms with Gasteiger partial charge in [0, 0.05) is 20.1 Å². The fourth-order valence-corrected chi connectivity index (χ4v) is 2.64. The normalized spacial score (nSPS) is 11.7. The van der Waals surface area contributed by atoms with Crippen molar-refractivity contribution in [3.05, 3.63) is 53.6 Å². The minimum atomic E-state index is -4.35. The van der Waals surface area contributed by atoms with Crippen molar-refractivity contribution in [2.75, 3.05) is 34.4 Å². The SMILES string of the molecule is CN=C(NCCc1ccc(OC)c(OC)c1)NCc1ccc(OCC(F)(F)F)cc1. The molecule has 0 aliphatic heterocycles. The second kappa shape index (κ2) is 11.2. The van der Waals surface area contributed by atoms with Gasteiger partial charge in [0.25, 0.3) is 0 Å². The number of nitrogens with zero attached hydrogens (tertiary/aromatic N) is 1. The molecule has 2 aromatic carbocycles. The molecule has 0 amide bonds.